The maximum Gasteiger partial charge on any atom is 0.264 e. The Kier molecular flexibility index (Phi) is 7.47. The summed E-state index contributed by atoms with van der Waals surface area (Å²) in [4.78, 5) is 12.8. The van der Waals surface area contributed by atoms with E-state index in [4.69, 9.17) is 0 Å². The quantitative estimate of drug-likeness (QED) is 0.537. The highest BCUT2D eigenvalue weighted by Gasteiger charge is 2.22. The fourth-order valence-electron chi connectivity index (χ4n) is 3.38. The number of amides is 1. The van der Waals surface area contributed by atoms with Gasteiger partial charge in [0.05, 0.1) is 10.6 Å². The number of hydrogen-bond donors (Lipinski definition) is 1. The lowest BCUT2D eigenvalue weighted by atomic mass is 9.97. The minimum absolute atomic E-state index is 0.0860. The molecule has 0 aromatic heterocycles. The molecule has 0 spiro atoms. The number of carbonyl (C=O) groups is 1. The lowest BCUT2D eigenvalue weighted by Gasteiger charge is -2.20. The van der Waals surface area contributed by atoms with Crippen molar-refractivity contribution in [2.75, 3.05) is 17.9 Å². The lowest BCUT2D eigenvalue weighted by molar-refractivity contribution is 0.0946. The minimum Gasteiger partial charge on any atom is -0.352 e. The van der Waals surface area contributed by atoms with Gasteiger partial charge in [-0.25, -0.2) is 8.42 Å². The third kappa shape index (κ3) is 5.73. The van der Waals surface area contributed by atoms with Crippen LogP contribution in [0.3, 0.4) is 0 Å². The summed E-state index contributed by atoms with van der Waals surface area (Å²) in [6, 6.07) is 25.2. The Morgan fingerprint density at radius 2 is 1.58 bits per heavy atom. The molecule has 0 fully saturated rings. The Labute approximate surface area is 184 Å². The average molecular weight is 437 g/mol. The van der Waals surface area contributed by atoms with Gasteiger partial charge in [0.15, 0.2) is 0 Å². The maximum atomic E-state index is 13.0. The molecule has 1 amide bonds. The van der Waals surface area contributed by atoms with Gasteiger partial charge >= 0.3 is 0 Å². The van der Waals surface area contributed by atoms with Crippen molar-refractivity contribution in [1.29, 1.82) is 0 Å². The van der Waals surface area contributed by atoms with E-state index in [-0.39, 0.29) is 10.8 Å². The number of rotatable bonds is 9. The second-order valence-corrected chi connectivity index (χ2v) is 9.48. The van der Waals surface area contributed by atoms with Crippen LogP contribution >= 0.6 is 0 Å². The molecule has 0 radical (unpaired) electrons. The van der Waals surface area contributed by atoms with Crippen LogP contribution in [-0.2, 0) is 16.4 Å². The fourth-order valence-corrected chi connectivity index (χ4v) is 4.62. The molecule has 1 atom stereocenters. The zero-order valence-corrected chi connectivity index (χ0v) is 18.7. The standard InChI is InChI=1S/C25H28N2O3S/c1-3-20(17-21-11-6-4-7-12-21)19-26-25(28)22-13-10-16-24(18-22)31(29,30)27(2)23-14-8-5-9-15-23/h4-16,18,20H,3,17,19H2,1-2H3,(H,26,28)/t20-/m1/s1. The molecule has 0 unspecified atom stereocenters. The molecule has 0 bridgehead atoms. The molecule has 162 valence electrons. The van der Waals surface area contributed by atoms with Crippen LogP contribution in [-0.4, -0.2) is 27.9 Å². The van der Waals surface area contributed by atoms with Crippen LogP contribution in [0, 0.1) is 5.92 Å². The van der Waals surface area contributed by atoms with E-state index in [1.165, 1.54) is 29.0 Å². The van der Waals surface area contributed by atoms with Crippen molar-refractivity contribution in [2.24, 2.45) is 5.92 Å². The van der Waals surface area contributed by atoms with Gasteiger partial charge in [-0.2, -0.15) is 0 Å². The predicted molar refractivity (Wildman–Crippen MR) is 125 cm³/mol. The molecule has 1 N–H and O–H groups in total. The van der Waals surface area contributed by atoms with E-state index in [1.54, 1.807) is 36.4 Å². The first-order valence-corrected chi connectivity index (χ1v) is 11.8. The van der Waals surface area contributed by atoms with Crippen molar-refractivity contribution >= 4 is 21.6 Å². The largest absolute Gasteiger partial charge is 0.352 e. The molecule has 0 heterocycles. The Hall–Kier alpha value is -3.12. The smallest absolute Gasteiger partial charge is 0.264 e. The van der Waals surface area contributed by atoms with Crippen LogP contribution in [0.1, 0.15) is 29.3 Å². The van der Waals surface area contributed by atoms with Crippen molar-refractivity contribution in [1.82, 2.24) is 5.32 Å². The van der Waals surface area contributed by atoms with Gasteiger partial charge in [-0.15, -0.1) is 0 Å². The van der Waals surface area contributed by atoms with Crippen molar-refractivity contribution in [3.05, 3.63) is 96.1 Å². The number of anilines is 1. The first kappa shape index (κ1) is 22.6. The molecule has 0 saturated heterocycles. The Balaban J connectivity index is 1.69. The highest BCUT2D eigenvalue weighted by atomic mass is 32.2. The number of sulfonamides is 1. The van der Waals surface area contributed by atoms with Gasteiger partial charge in [-0.1, -0.05) is 67.9 Å². The van der Waals surface area contributed by atoms with Gasteiger partial charge in [0.2, 0.25) is 0 Å². The SMILES string of the molecule is CC[C@@H](CNC(=O)c1cccc(S(=O)(=O)N(C)c2ccccc2)c1)Cc1ccccc1. The van der Waals surface area contributed by atoms with E-state index in [1.807, 2.05) is 24.3 Å². The summed E-state index contributed by atoms with van der Waals surface area (Å²) in [7, 11) is -2.26. The molecule has 3 aromatic rings. The van der Waals surface area contributed by atoms with E-state index in [9.17, 15) is 13.2 Å². The van der Waals surface area contributed by atoms with Crippen molar-refractivity contribution < 1.29 is 13.2 Å². The topological polar surface area (TPSA) is 66.5 Å². The molecule has 3 aromatic carbocycles. The molecule has 0 saturated carbocycles. The molecular weight excluding hydrogens is 408 g/mol. The van der Waals surface area contributed by atoms with Gasteiger partial charge in [-0.3, -0.25) is 9.10 Å². The van der Waals surface area contributed by atoms with E-state index in [0.29, 0.717) is 23.7 Å². The van der Waals surface area contributed by atoms with Gasteiger partial charge in [0, 0.05) is 19.2 Å². The van der Waals surface area contributed by atoms with Crippen molar-refractivity contribution in [2.45, 2.75) is 24.7 Å². The van der Waals surface area contributed by atoms with Crippen molar-refractivity contribution in [3.8, 4) is 0 Å². The summed E-state index contributed by atoms with van der Waals surface area (Å²) in [5.74, 6) is 0.0356. The van der Waals surface area contributed by atoms with Crippen LogP contribution in [0.4, 0.5) is 5.69 Å². The number of para-hydroxylation sites is 1. The lowest BCUT2D eigenvalue weighted by Crippen LogP contribution is -2.30. The average Bonchev–Trinajstić information content (AvgIpc) is 2.82. The third-order valence-corrected chi connectivity index (χ3v) is 7.15. The highest BCUT2D eigenvalue weighted by Crippen LogP contribution is 2.22. The monoisotopic (exact) mass is 436 g/mol. The Bertz CT molecular complexity index is 1100. The number of benzene rings is 3. The van der Waals surface area contributed by atoms with Crippen LogP contribution in [0.25, 0.3) is 0 Å². The summed E-state index contributed by atoms with van der Waals surface area (Å²) in [6.07, 6.45) is 1.82. The van der Waals surface area contributed by atoms with E-state index in [2.05, 4.69) is 24.4 Å². The zero-order chi connectivity index (χ0) is 22.3. The molecule has 6 heteroatoms. The molecule has 5 nitrogen and oxygen atoms in total. The summed E-state index contributed by atoms with van der Waals surface area (Å²) in [6.45, 7) is 2.64. The molecule has 3 rings (SSSR count). The molecule has 0 aliphatic carbocycles. The minimum atomic E-state index is -3.77. The summed E-state index contributed by atoms with van der Waals surface area (Å²) >= 11 is 0. The molecule has 0 aliphatic rings. The molecule has 0 aliphatic heterocycles. The van der Waals surface area contributed by atoms with Crippen molar-refractivity contribution in [3.63, 3.8) is 0 Å². The predicted octanol–water partition coefficient (Wildman–Crippen LogP) is 4.51. The third-order valence-electron chi connectivity index (χ3n) is 5.37. The second kappa shape index (κ2) is 10.3. The van der Waals surface area contributed by atoms with Gasteiger partial charge in [0.25, 0.3) is 15.9 Å². The van der Waals surface area contributed by atoms with Gasteiger partial charge in [-0.05, 0) is 48.2 Å². The second-order valence-electron chi connectivity index (χ2n) is 7.51. The number of hydrogen-bond acceptors (Lipinski definition) is 3. The summed E-state index contributed by atoms with van der Waals surface area (Å²) < 4.78 is 27.3. The van der Waals surface area contributed by atoms with Crippen LogP contribution in [0.15, 0.2) is 89.8 Å². The fraction of sp³-hybridized carbons (Fsp3) is 0.240. The summed E-state index contributed by atoms with van der Waals surface area (Å²) in [5, 5.41) is 2.96. The van der Waals surface area contributed by atoms with Gasteiger partial charge in [0.1, 0.15) is 0 Å². The van der Waals surface area contributed by atoms with Crippen LogP contribution in [0.5, 0.6) is 0 Å². The van der Waals surface area contributed by atoms with Gasteiger partial charge < -0.3 is 5.32 Å². The maximum absolute atomic E-state index is 13.0. The molecular formula is C25H28N2O3S. The van der Waals surface area contributed by atoms with E-state index in [0.717, 1.165) is 12.8 Å². The first-order valence-electron chi connectivity index (χ1n) is 10.4. The number of carbonyl (C=O) groups excluding carboxylic acids is 1. The van der Waals surface area contributed by atoms with Crippen LogP contribution < -0.4 is 9.62 Å². The summed E-state index contributed by atoms with van der Waals surface area (Å²) in [5.41, 5.74) is 2.13. The first-order chi connectivity index (χ1) is 14.9. The van der Waals surface area contributed by atoms with Crippen LogP contribution in [0.2, 0.25) is 0 Å². The number of nitrogens with zero attached hydrogens (tertiary/aromatic N) is 1. The van der Waals surface area contributed by atoms with E-state index >= 15 is 0 Å². The number of nitrogens with one attached hydrogen (secondary N) is 1. The van der Waals surface area contributed by atoms with E-state index < -0.39 is 10.0 Å². The normalized spacial score (nSPS) is 12.2. The Morgan fingerprint density at radius 3 is 2.23 bits per heavy atom. The zero-order valence-electron chi connectivity index (χ0n) is 17.9. The Morgan fingerprint density at radius 1 is 0.935 bits per heavy atom. The highest BCUT2D eigenvalue weighted by molar-refractivity contribution is 7.92. The molecule has 31 heavy (non-hydrogen) atoms.